The lowest BCUT2D eigenvalue weighted by atomic mass is 9.93. The van der Waals surface area contributed by atoms with Gasteiger partial charge in [-0.05, 0) is 19.8 Å². The van der Waals surface area contributed by atoms with Gasteiger partial charge < -0.3 is 24.0 Å². The largest absolute Gasteiger partial charge is 0.388 e. The van der Waals surface area contributed by atoms with Crippen LogP contribution in [-0.4, -0.2) is 58.9 Å². The number of aliphatic hydroxyl groups excluding tert-OH is 2. The molecule has 30 heavy (non-hydrogen) atoms. The number of hydrogen-bond acceptors (Lipinski definition) is 8. The van der Waals surface area contributed by atoms with Gasteiger partial charge in [-0.25, -0.2) is 9.97 Å². The molecule has 3 rings (SSSR count). The van der Waals surface area contributed by atoms with E-state index in [0.717, 1.165) is 6.42 Å². The molecule has 1 saturated heterocycles. The van der Waals surface area contributed by atoms with Crippen LogP contribution in [-0.2, 0) is 20.9 Å². The Balaban J connectivity index is 1.82. The van der Waals surface area contributed by atoms with Crippen LogP contribution in [0.15, 0.2) is 12.7 Å². The molecule has 168 valence electrons. The Kier molecular flexibility index (Phi) is 6.84. The van der Waals surface area contributed by atoms with Crippen molar-refractivity contribution in [3.63, 3.8) is 0 Å². The number of aromatic nitrogens is 4. The first-order valence-corrected chi connectivity index (χ1v) is 11.7. The van der Waals surface area contributed by atoms with E-state index in [4.69, 9.17) is 14.7 Å². The maximum atomic E-state index is 12.5. The number of fused-ring (bicyclic) bond motifs is 1. The maximum Gasteiger partial charge on any atom is 0.194 e. The highest BCUT2D eigenvalue weighted by Crippen LogP contribution is 2.42. The molecule has 0 bridgehead atoms. The summed E-state index contributed by atoms with van der Waals surface area (Å²) in [7, 11) is -0.550. The molecule has 3 N–H and O–H groups in total. The number of nitrogens with one attached hydrogen (secondary N) is 1. The predicted molar refractivity (Wildman–Crippen MR) is 111 cm³/mol. The van der Waals surface area contributed by atoms with Gasteiger partial charge >= 0.3 is 0 Å². The first kappa shape index (κ1) is 23.1. The average molecular weight is 441 g/mol. The maximum absolute atomic E-state index is 12.5. The van der Waals surface area contributed by atoms with Crippen LogP contribution < -0.4 is 5.49 Å². The number of aryl methyl sites for hydroxylation is 1. The minimum absolute atomic E-state index is 0.0302. The molecule has 0 spiro atoms. The third kappa shape index (κ3) is 4.24. The van der Waals surface area contributed by atoms with Crippen LogP contribution in [0.1, 0.15) is 53.2 Å². The van der Waals surface area contributed by atoms with Crippen LogP contribution in [0.4, 0.5) is 0 Å². The Morgan fingerprint density at radius 1 is 1.33 bits per heavy atom. The van der Waals surface area contributed by atoms with Crippen LogP contribution in [0.3, 0.4) is 0 Å². The summed E-state index contributed by atoms with van der Waals surface area (Å²) in [5.74, 6) is 0. The Hall–Kier alpha value is -1.58. The van der Waals surface area contributed by atoms with E-state index >= 15 is 0 Å². The second kappa shape index (κ2) is 8.88. The fourth-order valence-corrected chi connectivity index (χ4v) is 4.77. The number of imidazole rings is 1. The summed E-state index contributed by atoms with van der Waals surface area (Å²) in [5.41, 5.74) is 0.175. The normalized spacial score (nSPS) is 28.5. The Morgan fingerprint density at radius 3 is 2.67 bits per heavy atom. The van der Waals surface area contributed by atoms with Crippen molar-refractivity contribution in [1.29, 1.82) is 5.41 Å². The van der Waals surface area contributed by atoms with Crippen LogP contribution in [0, 0.1) is 5.41 Å². The van der Waals surface area contributed by atoms with Gasteiger partial charge in [-0.3, -0.25) is 14.5 Å². The molecule has 0 radical (unpaired) electrons. The first-order valence-electron chi connectivity index (χ1n) is 10.3. The van der Waals surface area contributed by atoms with Gasteiger partial charge in [0.05, 0.1) is 24.4 Å². The summed E-state index contributed by atoms with van der Waals surface area (Å²) in [5, 5.41) is 29.4. The second-order valence-electron chi connectivity index (χ2n) is 8.31. The molecule has 3 heterocycles. The first-order chi connectivity index (χ1) is 14.1. The van der Waals surface area contributed by atoms with Gasteiger partial charge in [-0.1, -0.05) is 20.8 Å². The summed E-state index contributed by atoms with van der Waals surface area (Å²) in [6.45, 7) is 7.66. The zero-order valence-electron chi connectivity index (χ0n) is 18.1. The SMILES string of the molecule is CCC(C)[PH](=O)OC(C)(CC)C[C@H]1OC(n2cnc3c(=N)n(C)cnc32)[C@H](O)[C@@H]1O. The molecular weight excluding hydrogens is 409 g/mol. The molecule has 1 fully saturated rings. The molecule has 1 aliphatic heterocycles. The topological polar surface area (TPSA) is 135 Å². The van der Waals surface area contributed by atoms with E-state index in [1.807, 2.05) is 27.7 Å². The van der Waals surface area contributed by atoms with Gasteiger partial charge in [0.1, 0.15) is 17.7 Å². The van der Waals surface area contributed by atoms with Crippen molar-refractivity contribution < 1.29 is 24.0 Å². The van der Waals surface area contributed by atoms with Gasteiger partial charge in [-0.2, -0.15) is 0 Å². The summed E-state index contributed by atoms with van der Waals surface area (Å²) >= 11 is 0. The molecule has 11 heteroatoms. The average Bonchev–Trinajstić information content (AvgIpc) is 3.26. The summed E-state index contributed by atoms with van der Waals surface area (Å²) in [4.78, 5) is 8.52. The van der Waals surface area contributed by atoms with Crippen LogP contribution >= 0.6 is 8.03 Å². The molecule has 2 aromatic heterocycles. The van der Waals surface area contributed by atoms with E-state index in [1.54, 1.807) is 7.05 Å². The number of ether oxygens (including phenoxy) is 1. The number of nitrogens with zero attached hydrogens (tertiary/aromatic N) is 4. The number of aliphatic hydroxyl groups is 2. The monoisotopic (exact) mass is 441 g/mol. The molecule has 0 amide bonds. The summed E-state index contributed by atoms with van der Waals surface area (Å²) in [6, 6.07) is 0. The lowest BCUT2D eigenvalue weighted by Crippen LogP contribution is -2.38. The molecule has 0 saturated carbocycles. The Labute approximate surface area is 176 Å². The molecule has 10 nitrogen and oxygen atoms in total. The minimum atomic E-state index is -2.25. The van der Waals surface area contributed by atoms with Crippen molar-refractivity contribution in [2.75, 3.05) is 0 Å². The molecular formula is C19H32N5O5P. The molecule has 0 aromatic carbocycles. The molecule has 1 aliphatic rings. The van der Waals surface area contributed by atoms with Crippen molar-refractivity contribution in [2.45, 2.75) is 82.8 Å². The second-order valence-corrected chi connectivity index (χ2v) is 10.1. The third-order valence-electron chi connectivity index (χ3n) is 6.05. The number of hydrogen-bond donors (Lipinski definition) is 3. The van der Waals surface area contributed by atoms with Gasteiger partial charge in [0, 0.05) is 19.1 Å². The highest BCUT2D eigenvalue weighted by molar-refractivity contribution is 7.40. The molecule has 2 aromatic rings. The van der Waals surface area contributed by atoms with E-state index in [1.165, 1.54) is 21.8 Å². The van der Waals surface area contributed by atoms with Crippen LogP contribution in [0.2, 0.25) is 0 Å². The lowest BCUT2D eigenvalue weighted by Gasteiger charge is -2.32. The van der Waals surface area contributed by atoms with Crippen molar-refractivity contribution in [3.05, 3.63) is 18.1 Å². The summed E-state index contributed by atoms with van der Waals surface area (Å²) in [6.07, 6.45) is 0.607. The van der Waals surface area contributed by atoms with Gasteiger partial charge in [0.15, 0.2) is 25.4 Å². The van der Waals surface area contributed by atoms with Crippen LogP contribution in [0.5, 0.6) is 0 Å². The fraction of sp³-hybridized carbons (Fsp3) is 0.737. The fourth-order valence-electron chi connectivity index (χ4n) is 3.52. The van der Waals surface area contributed by atoms with Gasteiger partial charge in [-0.15, -0.1) is 0 Å². The lowest BCUT2D eigenvalue weighted by molar-refractivity contribution is -0.0622. The van der Waals surface area contributed by atoms with E-state index in [0.29, 0.717) is 17.6 Å². The molecule has 7 atom stereocenters. The van der Waals surface area contributed by atoms with Gasteiger partial charge in [0.25, 0.3) is 0 Å². The highest BCUT2D eigenvalue weighted by atomic mass is 31.1. The summed E-state index contributed by atoms with van der Waals surface area (Å²) < 4.78 is 27.5. The van der Waals surface area contributed by atoms with Crippen molar-refractivity contribution in [3.8, 4) is 0 Å². The standard InChI is InChI=1S/C19H32N5O5P/c1-6-11(3)30(27)29-19(4,7-2)8-12-14(25)15(26)18(28-12)24-10-21-13-16(20)23(5)9-22-17(13)24/h9-12,14-15,18,20,25-26,30H,6-8H2,1-5H3/t11?,12-,14-,15-,18?,19?/m1/s1. The van der Waals surface area contributed by atoms with Gasteiger partial charge in [0.2, 0.25) is 0 Å². The Bertz CT molecular complexity index is 978. The zero-order valence-corrected chi connectivity index (χ0v) is 19.1. The van der Waals surface area contributed by atoms with E-state index < -0.39 is 38.2 Å². The van der Waals surface area contributed by atoms with Crippen LogP contribution in [0.25, 0.3) is 11.2 Å². The van der Waals surface area contributed by atoms with E-state index in [-0.39, 0.29) is 17.6 Å². The smallest absolute Gasteiger partial charge is 0.194 e. The van der Waals surface area contributed by atoms with Crippen molar-refractivity contribution >= 4 is 19.2 Å². The van der Waals surface area contributed by atoms with E-state index in [2.05, 4.69) is 9.97 Å². The Morgan fingerprint density at radius 2 is 2.03 bits per heavy atom. The minimum Gasteiger partial charge on any atom is -0.388 e. The predicted octanol–water partition coefficient (Wildman–Crippen LogP) is 1.72. The third-order valence-corrected chi connectivity index (χ3v) is 7.96. The highest BCUT2D eigenvalue weighted by Gasteiger charge is 2.47. The molecule has 0 aliphatic carbocycles. The quantitative estimate of drug-likeness (QED) is 0.531. The number of rotatable bonds is 8. The van der Waals surface area contributed by atoms with E-state index in [9.17, 15) is 14.8 Å². The zero-order chi connectivity index (χ0) is 22.2. The molecule has 4 unspecified atom stereocenters. The van der Waals surface area contributed by atoms with Crippen molar-refractivity contribution in [1.82, 2.24) is 19.1 Å². The van der Waals surface area contributed by atoms with Crippen molar-refractivity contribution in [2.24, 2.45) is 7.05 Å².